The lowest BCUT2D eigenvalue weighted by atomic mass is 9.83. The zero-order chi connectivity index (χ0) is 21.6. The first kappa shape index (κ1) is 22.8. The Bertz CT molecular complexity index is 797. The van der Waals surface area contributed by atoms with Gasteiger partial charge >= 0.3 is 5.97 Å². The van der Waals surface area contributed by atoms with Crippen LogP contribution in [0, 0.1) is 11.3 Å². The summed E-state index contributed by atoms with van der Waals surface area (Å²) in [5.74, 6) is -0.598. The quantitative estimate of drug-likeness (QED) is 0.666. The zero-order valence-electron chi connectivity index (χ0n) is 17.2. The van der Waals surface area contributed by atoms with Gasteiger partial charge in [0.2, 0.25) is 0 Å². The Balaban J connectivity index is 2.09. The van der Waals surface area contributed by atoms with Crippen LogP contribution in [-0.4, -0.2) is 36.7 Å². The van der Waals surface area contributed by atoms with Crippen molar-refractivity contribution < 1.29 is 23.8 Å². The molecular formula is C21H27ClN2O5. The third-order valence-electron chi connectivity index (χ3n) is 4.76. The van der Waals surface area contributed by atoms with Gasteiger partial charge in [0.15, 0.2) is 17.6 Å². The molecule has 29 heavy (non-hydrogen) atoms. The average molecular weight is 423 g/mol. The Hall–Kier alpha value is -2.46. The second-order valence-corrected chi connectivity index (χ2v) is 7.85. The molecule has 1 N–H and O–H groups in total. The second-order valence-electron chi connectivity index (χ2n) is 7.45. The highest BCUT2D eigenvalue weighted by atomic mass is 35.5. The molecule has 0 radical (unpaired) electrons. The van der Waals surface area contributed by atoms with E-state index < -0.39 is 23.5 Å². The van der Waals surface area contributed by atoms with Gasteiger partial charge in [0, 0.05) is 0 Å². The fourth-order valence-electron chi connectivity index (χ4n) is 3.23. The van der Waals surface area contributed by atoms with E-state index in [0.717, 1.165) is 19.3 Å². The molecule has 1 atom stereocenters. The Morgan fingerprint density at radius 2 is 1.86 bits per heavy atom. The molecule has 1 aliphatic rings. The second kappa shape index (κ2) is 9.84. The maximum absolute atomic E-state index is 12.5. The normalized spacial score (nSPS) is 16.4. The van der Waals surface area contributed by atoms with Crippen molar-refractivity contribution in [1.29, 1.82) is 5.26 Å². The molecule has 7 nitrogen and oxygen atoms in total. The summed E-state index contributed by atoms with van der Waals surface area (Å²) in [6.45, 7) is 5.16. The van der Waals surface area contributed by atoms with Crippen LogP contribution in [0.15, 0.2) is 12.1 Å². The molecule has 2 rings (SSSR count). The lowest BCUT2D eigenvalue weighted by molar-refractivity contribution is -0.130. The molecule has 0 unspecified atom stereocenters. The van der Waals surface area contributed by atoms with Crippen LogP contribution in [0.25, 0.3) is 0 Å². The van der Waals surface area contributed by atoms with Gasteiger partial charge < -0.3 is 19.5 Å². The molecule has 1 aromatic rings. The highest BCUT2D eigenvalue weighted by Crippen LogP contribution is 2.37. The number of carbonyl (C=O) groups excluding carboxylic acids is 2. The molecule has 0 heterocycles. The minimum Gasteiger partial charge on any atom is -0.493 e. The highest BCUT2D eigenvalue weighted by Gasteiger charge is 2.35. The number of methoxy groups -OCH3 is 1. The Labute approximate surface area is 176 Å². The number of rotatable bonds is 7. The van der Waals surface area contributed by atoms with Gasteiger partial charge in [-0.3, -0.25) is 4.79 Å². The van der Waals surface area contributed by atoms with Crippen LogP contribution < -0.4 is 14.8 Å². The SMILES string of the molecule is COc1cc(C(=O)O[C@@H](C)C(=O)NC2(C#N)CCCCC2)cc(Cl)c1OC(C)C. The van der Waals surface area contributed by atoms with Gasteiger partial charge in [0.1, 0.15) is 5.54 Å². The fraction of sp³-hybridized carbons (Fsp3) is 0.571. The lowest BCUT2D eigenvalue weighted by Crippen LogP contribution is -2.52. The van der Waals surface area contributed by atoms with Gasteiger partial charge in [-0.2, -0.15) is 5.26 Å². The number of esters is 1. The molecule has 0 bridgehead atoms. The summed E-state index contributed by atoms with van der Waals surface area (Å²) in [4.78, 5) is 25.0. The first-order valence-electron chi connectivity index (χ1n) is 9.70. The van der Waals surface area contributed by atoms with Crippen LogP contribution in [0.1, 0.15) is 63.2 Å². The first-order valence-corrected chi connectivity index (χ1v) is 10.1. The van der Waals surface area contributed by atoms with Crippen molar-refractivity contribution in [2.45, 2.75) is 70.6 Å². The molecular weight excluding hydrogens is 396 g/mol. The van der Waals surface area contributed by atoms with E-state index in [2.05, 4.69) is 11.4 Å². The van der Waals surface area contributed by atoms with E-state index in [1.165, 1.54) is 26.2 Å². The molecule has 1 aromatic carbocycles. The molecule has 0 saturated heterocycles. The highest BCUT2D eigenvalue weighted by molar-refractivity contribution is 6.32. The minimum absolute atomic E-state index is 0.129. The number of ether oxygens (including phenoxy) is 3. The van der Waals surface area contributed by atoms with E-state index in [-0.39, 0.29) is 16.7 Å². The number of nitrogens with one attached hydrogen (secondary N) is 1. The summed E-state index contributed by atoms with van der Waals surface area (Å²) < 4.78 is 16.2. The number of halogens is 1. The van der Waals surface area contributed by atoms with Crippen LogP contribution >= 0.6 is 11.6 Å². The monoisotopic (exact) mass is 422 g/mol. The van der Waals surface area contributed by atoms with Crippen LogP contribution in [0.2, 0.25) is 5.02 Å². The van der Waals surface area contributed by atoms with E-state index >= 15 is 0 Å². The van der Waals surface area contributed by atoms with E-state index in [9.17, 15) is 14.9 Å². The van der Waals surface area contributed by atoms with Crippen LogP contribution in [-0.2, 0) is 9.53 Å². The summed E-state index contributed by atoms with van der Waals surface area (Å²) in [6, 6.07) is 5.07. The van der Waals surface area contributed by atoms with Crippen molar-refractivity contribution in [3.05, 3.63) is 22.7 Å². The van der Waals surface area contributed by atoms with Gasteiger partial charge in [0.25, 0.3) is 5.91 Å². The summed E-state index contributed by atoms with van der Waals surface area (Å²) in [5.41, 5.74) is -0.756. The van der Waals surface area contributed by atoms with Crippen LogP contribution in [0.3, 0.4) is 0 Å². The molecule has 0 aromatic heterocycles. The van der Waals surface area contributed by atoms with Crippen molar-refractivity contribution in [2.24, 2.45) is 0 Å². The predicted molar refractivity (Wildman–Crippen MR) is 108 cm³/mol. The van der Waals surface area contributed by atoms with Crippen molar-refractivity contribution in [3.8, 4) is 17.6 Å². The summed E-state index contributed by atoms with van der Waals surface area (Å²) in [6.07, 6.45) is 2.81. The number of nitrogens with zero attached hydrogens (tertiary/aromatic N) is 1. The van der Waals surface area contributed by atoms with Crippen molar-refractivity contribution in [1.82, 2.24) is 5.32 Å². The Kier molecular flexibility index (Phi) is 7.74. The molecule has 1 saturated carbocycles. The number of hydrogen-bond donors (Lipinski definition) is 1. The third-order valence-corrected chi connectivity index (χ3v) is 5.04. The fourth-order valence-corrected chi connectivity index (χ4v) is 3.48. The Morgan fingerprint density at radius 1 is 1.21 bits per heavy atom. The van der Waals surface area contributed by atoms with Crippen molar-refractivity contribution in [2.75, 3.05) is 7.11 Å². The maximum atomic E-state index is 12.5. The topological polar surface area (TPSA) is 97.6 Å². The molecule has 1 amide bonds. The van der Waals surface area contributed by atoms with Gasteiger partial charge in [-0.15, -0.1) is 0 Å². The largest absolute Gasteiger partial charge is 0.493 e. The minimum atomic E-state index is -1.06. The number of nitriles is 1. The number of benzene rings is 1. The lowest BCUT2D eigenvalue weighted by Gasteiger charge is -2.32. The summed E-state index contributed by atoms with van der Waals surface area (Å²) >= 11 is 6.24. The van der Waals surface area contributed by atoms with E-state index in [4.69, 9.17) is 25.8 Å². The summed E-state index contributed by atoms with van der Waals surface area (Å²) in [7, 11) is 1.44. The molecule has 1 fully saturated rings. The van der Waals surface area contributed by atoms with Crippen LogP contribution in [0.5, 0.6) is 11.5 Å². The van der Waals surface area contributed by atoms with Gasteiger partial charge in [-0.1, -0.05) is 30.9 Å². The number of hydrogen-bond acceptors (Lipinski definition) is 6. The first-order chi connectivity index (χ1) is 13.7. The van der Waals surface area contributed by atoms with Crippen molar-refractivity contribution in [3.63, 3.8) is 0 Å². The molecule has 0 spiro atoms. The van der Waals surface area contributed by atoms with Crippen LogP contribution in [0.4, 0.5) is 0 Å². The number of amides is 1. The molecule has 1 aliphatic carbocycles. The molecule has 0 aliphatic heterocycles. The number of carbonyl (C=O) groups is 2. The average Bonchev–Trinajstić information content (AvgIpc) is 2.69. The molecule has 8 heteroatoms. The smallest absolute Gasteiger partial charge is 0.339 e. The van der Waals surface area contributed by atoms with Gasteiger partial charge in [-0.25, -0.2) is 4.79 Å². The molecule has 158 valence electrons. The third kappa shape index (κ3) is 5.77. The van der Waals surface area contributed by atoms with Gasteiger partial charge in [0.05, 0.1) is 29.9 Å². The standard InChI is InChI=1S/C21H27ClN2O5/c1-13(2)28-18-16(22)10-15(11-17(18)27-4)20(26)29-14(3)19(25)24-21(12-23)8-6-5-7-9-21/h10-11,13-14H,5-9H2,1-4H3,(H,24,25)/t14-/m0/s1. The zero-order valence-corrected chi connectivity index (χ0v) is 18.0. The predicted octanol–water partition coefficient (Wildman–Crippen LogP) is 4.02. The van der Waals surface area contributed by atoms with E-state index in [1.807, 2.05) is 13.8 Å². The van der Waals surface area contributed by atoms with Crippen molar-refractivity contribution >= 4 is 23.5 Å². The Morgan fingerprint density at radius 3 is 2.41 bits per heavy atom. The van der Waals surface area contributed by atoms with E-state index in [0.29, 0.717) is 24.3 Å². The van der Waals surface area contributed by atoms with E-state index in [1.54, 1.807) is 0 Å². The summed E-state index contributed by atoms with van der Waals surface area (Å²) in [5, 5.41) is 12.5. The maximum Gasteiger partial charge on any atom is 0.339 e. The van der Waals surface area contributed by atoms with Gasteiger partial charge in [-0.05, 0) is 45.7 Å².